The van der Waals surface area contributed by atoms with Crippen LogP contribution in [0.15, 0.2) is 71.9 Å². The number of pyridine rings is 1. The molecule has 1 aromatic heterocycles. The summed E-state index contributed by atoms with van der Waals surface area (Å²) in [7, 11) is 0. The Morgan fingerprint density at radius 2 is 1.72 bits per heavy atom. The van der Waals surface area contributed by atoms with E-state index in [4.69, 9.17) is 21.6 Å². The molecule has 1 unspecified atom stereocenters. The van der Waals surface area contributed by atoms with Gasteiger partial charge in [0.05, 0.1) is 35.5 Å². The van der Waals surface area contributed by atoms with E-state index >= 15 is 0 Å². The van der Waals surface area contributed by atoms with Crippen LogP contribution in [-0.4, -0.2) is 41.8 Å². The highest BCUT2D eigenvalue weighted by Gasteiger charge is 2.24. The molecule has 7 rings (SSSR count). The van der Waals surface area contributed by atoms with Gasteiger partial charge in [-0.3, -0.25) is 14.9 Å². The number of aliphatic imine (C=N–C) groups is 1. The fourth-order valence-corrected chi connectivity index (χ4v) is 7.94. The molecule has 0 aliphatic carbocycles. The van der Waals surface area contributed by atoms with E-state index in [9.17, 15) is 0 Å². The van der Waals surface area contributed by atoms with Gasteiger partial charge in [-0.1, -0.05) is 61.0 Å². The number of anilines is 2. The molecule has 1 N–H and O–H groups in total. The van der Waals surface area contributed by atoms with E-state index in [0.717, 1.165) is 78.4 Å². The number of benzene rings is 3. The van der Waals surface area contributed by atoms with E-state index < -0.39 is 0 Å². The first-order valence-corrected chi connectivity index (χ1v) is 17.7. The monoisotopic (exact) mass is 643 g/mol. The third-order valence-electron chi connectivity index (χ3n) is 10.3. The summed E-state index contributed by atoms with van der Waals surface area (Å²) >= 11 is 6.88. The van der Waals surface area contributed by atoms with Crippen LogP contribution in [0.5, 0.6) is 0 Å². The van der Waals surface area contributed by atoms with E-state index in [0.29, 0.717) is 6.54 Å². The molecule has 2 fully saturated rings. The van der Waals surface area contributed by atoms with Crippen LogP contribution in [0.2, 0.25) is 5.02 Å². The number of halogens is 1. The van der Waals surface area contributed by atoms with Gasteiger partial charge in [-0.2, -0.15) is 0 Å². The van der Waals surface area contributed by atoms with Crippen LogP contribution in [-0.2, 0) is 19.5 Å². The predicted octanol–water partition coefficient (Wildman–Crippen LogP) is 9.78. The van der Waals surface area contributed by atoms with E-state index in [1.165, 1.54) is 63.9 Å². The summed E-state index contributed by atoms with van der Waals surface area (Å²) in [5.74, 6) is 0.768. The van der Waals surface area contributed by atoms with Gasteiger partial charge in [-0.15, -0.1) is 0 Å². The van der Waals surface area contributed by atoms with E-state index in [-0.39, 0.29) is 0 Å². The highest BCUT2D eigenvalue weighted by molar-refractivity contribution is 6.32. The fourth-order valence-electron chi connectivity index (χ4n) is 7.63. The van der Waals surface area contributed by atoms with Crippen LogP contribution in [0.1, 0.15) is 72.2 Å². The number of nitrogens with zero attached hydrogens (tertiary/aromatic N) is 4. The number of nitrogens with one attached hydrogen (secondary N) is 1. The SMILES string of the molecule is C/C=C\c1cc(N2CCCC2)cnc1CNc1cccc(-c2cccc(C3=Nc4cc(CN5CCC(C)C5)cc(Cl)c4C3)c2C)c1C. The Labute approximate surface area is 285 Å². The van der Waals surface area contributed by atoms with Crippen molar-refractivity contribution in [2.45, 2.75) is 66.5 Å². The first kappa shape index (κ1) is 31.7. The second kappa shape index (κ2) is 13.7. The standard InChI is InChI=1S/C41H46ClN5/c1-5-10-31-21-32(47-16-6-7-17-47)23-43-41(31)24-44-38-14-9-12-34(29(38)4)33-11-8-13-35(28(33)3)40-22-36-37(42)19-30(20-39(36)45-40)26-46-18-15-27(2)25-46/h5,8-14,19-21,23,27,44H,6-7,15-18,22,24-26H2,1-4H3/b10-5-. The first-order valence-electron chi connectivity index (χ1n) is 17.3. The third kappa shape index (κ3) is 6.61. The van der Waals surface area contributed by atoms with E-state index in [2.05, 4.69) is 110 Å². The Morgan fingerprint density at radius 3 is 2.49 bits per heavy atom. The van der Waals surface area contributed by atoms with Crippen molar-refractivity contribution >= 4 is 40.5 Å². The van der Waals surface area contributed by atoms with Crippen molar-refractivity contribution in [2.24, 2.45) is 10.9 Å². The topological polar surface area (TPSA) is 43.8 Å². The second-order valence-corrected chi connectivity index (χ2v) is 14.1. The Balaban J connectivity index is 1.12. The molecule has 6 heteroatoms. The molecule has 1 atom stereocenters. The zero-order chi connectivity index (χ0) is 32.5. The summed E-state index contributed by atoms with van der Waals surface area (Å²) < 4.78 is 0. The van der Waals surface area contributed by atoms with Crippen LogP contribution in [0, 0.1) is 19.8 Å². The highest BCUT2D eigenvalue weighted by Crippen LogP contribution is 2.39. The minimum atomic E-state index is 0.665. The Kier molecular flexibility index (Phi) is 9.20. The van der Waals surface area contributed by atoms with Crippen molar-refractivity contribution in [2.75, 3.05) is 36.4 Å². The molecule has 0 bridgehead atoms. The van der Waals surface area contributed by atoms with E-state index in [1.807, 2.05) is 6.20 Å². The largest absolute Gasteiger partial charge is 0.379 e. The lowest BCUT2D eigenvalue weighted by Gasteiger charge is -2.20. The number of rotatable bonds is 9. The molecule has 0 spiro atoms. The maximum atomic E-state index is 6.88. The number of hydrogen-bond acceptors (Lipinski definition) is 5. The summed E-state index contributed by atoms with van der Waals surface area (Å²) in [5.41, 5.74) is 15.3. The minimum absolute atomic E-state index is 0.665. The summed E-state index contributed by atoms with van der Waals surface area (Å²) in [5, 5.41) is 4.55. The summed E-state index contributed by atoms with van der Waals surface area (Å²) in [6.45, 7) is 15.0. The highest BCUT2D eigenvalue weighted by atomic mass is 35.5. The van der Waals surface area contributed by atoms with Gasteiger partial charge >= 0.3 is 0 Å². The molecule has 0 amide bonds. The molecule has 47 heavy (non-hydrogen) atoms. The molecule has 2 saturated heterocycles. The van der Waals surface area contributed by atoms with Crippen molar-refractivity contribution in [3.8, 4) is 11.1 Å². The molecule has 3 aliphatic rings. The minimum Gasteiger partial charge on any atom is -0.379 e. The molecule has 242 valence electrons. The average molecular weight is 644 g/mol. The maximum absolute atomic E-state index is 6.88. The molecular formula is C41H46ClN5. The smallest absolute Gasteiger partial charge is 0.0687 e. The lowest BCUT2D eigenvalue weighted by molar-refractivity contribution is 0.320. The van der Waals surface area contributed by atoms with Gasteiger partial charge in [-0.25, -0.2) is 0 Å². The van der Waals surface area contributed by atoms with Crippen LogP contribution in [0.4, 0.5) is 17.1 Å². The van der Waals surface area contributed by atoms with Crippen molar-refractivity contribution < 1.29 is 0 Å². The Hall–Kier alpha value is -3.93. The van der Waals surface area contributed by atoms with Crippen LogP contribution in [0.3, 0.4) is 0 Å². The van der Waals surface area contributed by atoms with Crippen molar-refractivity contribution in [1.82, 2.24) is 9.88 Å². The van der Waals surface area contributed by atoms with E-state index in [1.54, 1.807) is 0 Å². The zero-order valence-corrected chi connectivity index (χ0v) is 29.0. The van der Waals surface area contributed by atoms with Crippen molar-refractivity contribution in [1.29, 1.82) is 0 Å². The van der Waals surface area contributed by atoms with Gasteiger partial charge in [-0.05, 0) is 116 Å². The van der Waals surface area contributed by atoms with Crippen molar-refractivity contribution in [3.63, 3.8) is 0 Å². The summed E-state index contributed by atoms with van der Waals surface area (Å²) in [6.07, 6.45) is 10.9. The molecule has 5 nitrogen and oxygen atoms in total. The number of likely N-dealkylation sites (tertiary alicyclic amines) is 1. The lowest BCUT2D eigenvalue weighted by atomic mass is 9.90. The first-order chi connectivity index (χ1) is 22.9. The predicted molar refractivity (Wildman–Crippen MR) is 199 cm³/mol. The molecular weight excluding hydrogens is 598 g/mol. The normalized spacial score (nSPS) is 17.9. The van der Waals surface area contributed by atoms with Gasteiger partial charge in [0.2, 0.25) is 0 Å². The Bertz CT molecular complexity index is 1850. The van der Waals surface area contributed by atoms with Crippen LogP contribution >= 0.6 is 11.6 Å². The van der Waals surface area contributed by atoms with Gasteiger partial charge in [0.25, 0.3) is 0 Å². The summed E-state index contributed by atoms with van der Waals surface area (Å²) in [6, 6.07) is 19.9. The van der Waals surface area contributed by atoms with Crippen LogP contribution in [0.25, 0.3) is 17.2 Å². The number of fused-ring (bicyclic) bond motifs is 1. The fraction of sp³-hybridized carbons (Fsp3) is 0.366. The average Bonchev–Trinajstić information content (AvgIpc) is 3.84. The quantitative estimate of drug-likeness (QED) is 0.197. The summed E-state index contributed by atoms with van der Waals surface area (Å²) in [4.78, 5) is 15.1. The van der Waals surface area contributed by atoms with Gasteiger partial charge in [0, 0.05) is 48.9 Å². The van der Waals surface area contributed by atoms with Gasteiger partial charge in [0.1, 0.15) is 0 Å². The molecule has 4 aromatic rings. The zero-order valence-electron chi connectivity index (χ0n) is 28.2. The lowest BCUT2D eigenvalue weighted by Crippen LogP contribution is -2.19. The molecule has 0 saturated carbocycles. The molecule has 3 aliphatic heterocycles. The Morgan fingerprint density at radius 1 is 0.957 bits per heavy atom. The number of aromatic nitrogens is 1. The maximum Gasteiger partial charge on any atom is 0.0687 e. The molecule has 4 heterocycles. The number of allylic oxidation sites excluding steroid dienone is 1. The van der Waals surface area contributed by atoms with Gasteiger partial charge in [0.15, 0.2) is 0 Å². The molecule has 0 radical (unpaired) electrons. The second-order valence-electron chi connectivity index (χ2n) is 13.7. The van der Waals surface area contributed by atoms with Crippen molar-refractivity contribution in [3.05, 3.63) is 111 Å². The van der Waals surface area contributed by atoms with Gasteiger partial charge < -0.3 is 10.2 Å². The molecule has 3 aromatic carbocycles. The van der Waals surface area contributed by atoms with Crippen LogP contribution < -0.4 is 10.2 Å². The number of hydrogen-bond donors (Lipinski definition) is 1. The third-order valence-corrected chi connectivity index (χ3v) is 10.6.